The number of nitrogens with one attached hydrogen (secondary N) is 1. The molecule has 0 spiro atoms. The number of halogens is 1. The van der Waals surface area contributed by atoms with Gasteiger partial charge in [0.05, 0.1) is 17.1 Å². The van der Waals surface area contributed by atoms with Gasteiger partial charge in [0, 0.05) is 36.1 Å². The van der Waals surface area contributed by atoms with Crippen LogP contribution >= 0.6 is 23.7 Å². The van der Waals surface area contributed by atoms with Crippen molar-refractivity contribution in [2.24, 2.45) is 10.8 Å². The Morgan fingerprint density at radius 2 is 1.82 bits per heavy atom. The SMILES string of the molecule is CCOC(=O)c1c(NC(=O)c2ccc(S(=O)(=O)N3CC4(C)CC3CC(C)(C)C4)cc2)sc2c1CCN(CC)C2.Cl. The molecule has 11 heteroatoms. The lowest BCUT2D eigenvalue weighted by Crippen LogP contribution is -2.37. The fraction of sp³-hybridized carbons (Fsp3) is 0.586. The van der Waals surface area contributed by atoms with Crippen molar-refractivity contribution in [2.75, 3.05) is 31.6 Å². The second-order valence-electron chi connectivity index (χ2n) is 12.3. The second kappa shape index (κ2) is 11.4. The van der Waals surface area contributed by atoms with Crippen LogP contribution in [0.25, 0.3) is 0 Å². The first kappa shape index (κ1) is 31.0. The average Bonchev–Trinajstić information content (AvgIpc) is 3.36. The molecule has 1 aromatic carbocycles. The summed E-state index contributed by atoms with van der Waals surface area (Å²) in [5.41, 5.74) is 1.83. The van der Waals surface area contributed by atoms with E-state index in [1.807, 2.05) is 0 Å². The molecule has 220 valence electrons. The van der Waals surface area contributed by atoms with Crippen molar-refractivity contribution >= 4 is 50.6 Å². The summed E-state index contributed by atoms with van der Waals surface area (Å²) in [6, 6.07) is 6.13. The van der Waals surface area contributed by atoms with Crippen LogP contribution in [0.3, 0.4) is 0 Å². The van der Waals surface area contributed by atoms with E-state index in [0.29, 0.717) is 22.7 Å². The van der Waals surface area contributed by atoms with E-state index < -0.39 is 16.0 Å². The molecule has 2 aliphatic heterocycles. The summed E-state index contributed by atoms with van der Waals surface area (Å²) in [5, 5.41) is 3.40. The molecule has 2 aromatic rings. The Labute approximate surface area is 247 Å². The molecular formula is C29H40ClN3O5S2. The van der Waals surface area contributed by atoms with Crippen LogP contribution < -0.4 is 5.32 Å². The maximum Gasteiger partial charge on any atom is 0.341 e. The second-order valence-corrected chi connectivity index (χ2v) is 15.3. The quantitative estimate of drug-likeness (QED) is 0.413. The van der Waals surface area contributed by atoms with E-state index >= 15 is 0 Å². The van der Waals surface area contributed by atoms with Crippen molar-refractivity contribution in [3.05, 3.63) is 45.8 Å². The van der Waals surface area contributed by atoms with Gasteiger partial charge in [0.2, 0.25) is 10.0 Å². The number of esters is 1. The maximum atomic E-state index is 13.6. The number of likely N-dealkylation sites (N-methyl/N-ethyl adjacent to an activating group) is 1. The average molecular weight is 610 g/mol. The number of thiophene rings is 1. The Bertz CT molecular complexity index is 1390. The smallest absolute Gasteiger partial charge is 0.341 e. The van der Waals surface area contributed by atoms with Gasteiger partial charge in [-0.3, -0.25) is 9.69 Å². The van der Waals surface area contributed by atoms with Crippen LogP contribution in [0.4, 0.5) is 5.00 Å². The van der Waals surface area contributed by atoms with E-state index in [1.165, 1.54) is 23.5 Å². The molecule has 3 aliphatic rings. The Hall–Kier alpha value is -1.98. The number of sulfonamides is 1. The van der Waals surface area contributed by atoms with Gasteiger partial charge < -0.3 is 10.1 Å². The van der Waals surface area contributed by atoms with Crippen molar-refractivity contribution in [3.63, 3.8) is 0 Å². The maximum absolute atomic E-state index is 13.6. The highest BCUT2D eigenvalue weighted by atomic mass is 35.5. The Morgan fingerprint density at radius 1 is 1.12 bits per heavy atom. The highest BCUT2D eigenvalue weighted by Crippen LogP contribution is 2.53. The predicted molar refractivity (Wildman–Crippen MR) is 160 cm³/mol. The van der Waals surface area contributed by atoms with Crippen LogP contribution in [0.2, 0.25) is 0 Å². The Balaban J connectivity index is 0.00000370. The zero-order chi connectivity index (χ0) is 28.2. The third kappa shape index (κ3) is 5.83. The van der Waals surface area contributed by atoms with E-state index in [2.05, 4.69) is 37.9 Å². The third-order valence-electron chi connectivity index (χ3n) is 8.38. The molecule has 1 amide bonds. The van der Waals surface area contributed by atoms with Crippen LogP contribution in [-0.2, 0) is 27.7 Å². The van der Waals surface area contributed by atoms with E-state index in [-0.39, 0.29) is 46.7 Å². The molecule has 2 bridgehead atoms. The van der Waals surface area contributed by atoms with Gasteiger partial charge in [0.1, 0.15) is 5.00 Å². The van der Waals surface area contributed by atoms with Crippen molar-refractivity contribution in [2.45, 2.75) is 77.8 Å². The van der Waals surface area contributed by atoms with Crippen molar-refractivity contribution in [3.8, 4) is 0 Å². The zero-order valence-corrected chi connectivity index (χ0v) is 26.4. The number of hydrogen-bond acceptors (Lipinski definition) is 7. The number of nitrogens with zero attached hydrogens (tertiary/aromatic N) is 2. The molecular weight excluding hydrogens is 570 g/mol. The number of benzene rings is 1. The standard InChI is InChI=1S/C29H39N3O5S2.ClH/c1-6-31-13-12-22-23(16-31)38-26(24(22)27(34)37-7-2)30-25(33)19-8-10-21(11-9-19)39(35,36)32-18-29(5)15-20(32)14-28(3,4)17-29;/h8-11,20H,6-7,12-18H2,1-5H3,(H,30,33);1H. The fourth-order valence-corrected chi connectivity index (χ4v) is 10.1. The first-order valence-corrected chi connectivity index (χ1v) is 16.1. The summed E-state index contributed by atoms with van der Waals surface area (Å²) >= 11 is 1.41. The molecule has 8 nitrogen and oxygen atoms in total. The molecule has 1 aliphatic carbocycles. The van der Waals surface area contributed by atoms with Gasteiger partial charge in [-0.1, -0.05) is 27.7 Å². The largest absolute Gasteiger partial charge is 0.462 e. The summed E-state index contributed by atoms with van der Waals surface area (Å²) in [7, 11) is -3.68. The fourth-order valence-electron chi connectivity index (χ4n) is 7.01. The van der Waals surface area contributed by atoms with E-state index in [0.717, 1.165) is 55.8 Å². The van der Waals surface area contributed by atoms with Crippen molar-refractivity contribution < 1.29 is 22.7 Å². The Kier molecular flexibility index (Phi) is 8.80. The topological polar surface area (TPSA) is 96.0 Å². The van der Waals surface area contributed by atoms with Crippen molar-refractivity contribution in [1.29, 1.82) is 0 Å². The molecule has 3 heterocycles. The molecule has 2 fully saturated rings. The minimum atomic E-state index is -3.68. The Morgan fingerprint density at radius 3 is 2.48 bits per heavy atom. The van der Waals surface area contributed by atoms with Crippen LogP contribution in [0, 0.1) is 10.8 Å². The molecule has 1 aromatic heterocycles. The molecule has 0 radical (unpaired) electrons. The monoisotopic (exact) mass is 609 g/mol. The van der Waals surface area contributed by atoms with Crippen LogP contribution in [0.1, 0.15) is 85.0 Å². The van der Waals surface area contributed by atoms with Gasteiger partial charge in [0.25, 0.3) is 5.91 Å². The highest BCUT2D eigenvalue weighted by molar-refractivity contribution is 7.89. The van der Waals surface area contributed by atoms with Gasteiger partial charge in [-0.15, -0.1) is 23.7 Å². The zero-order valence-electron chi connectivity index (χ0n) is 23.9. The van der Waals surface area contributed by atoms with Crippen LogP contribution in [-0.4, -0.2) is 61.8 Å². The highest BCUT2D eigenvalue weighted by Gasteiger charge is 2.53. The third-order valence-corrected chi connectivity index (χ3v) is 11.4. The van der Waals surface area contributed by atoms with Gasteiger partial charge in [-0.25, -0.2) is 13.2 Å². The number of rotatable bonds is 7. The number of amides is 1. The van der Waals surface area contributed by atoms with Crippen LogP contribution in [0.15, 0.2) is 29.2 Å². The normalized spacial score (nSPS) is 24.2. The number of anilines is 1. The molecule has 40 heavy (non-hydrogen) atoms. The molecule has 2 unspecified atom stereocenters. The van der Waals surface area contributed by atoms with Gasteiger partial charge >= 0.3 is 5.97 Å². The molecule has 1 N–H and O–H groups in total. The van der Waals surface area contributed by atoms with Gasteiger partial charge in [-0.05, 0) is 79.8 Å². The predicted octanol–water partition coefficient (Wildman–Crippen LogP) is 5.57. The number of ether oxygens (including phenoxy) is 1. The number of hydrogen-bond donors (Lipinski definition) is 1. The summed E-state index contributed by atoms with van der Waals surface area (Å²) in [5.74, 6) is -0.814. The molecule has 1 saturated heterocycles. The van der Waals surface area contributed by atoms with Crippen molar-refractivity contribution in [1.82, 2.24) is 9.21 Å². The lowest BCUT2D eigenvalue weighted by molar-refractivity contribution is 0.0526. The van der Waals surface area contributed by atoms with Gasteiger partial charge in [0.15, 0.2) is 0 Å². The summed E-state index contributed by atoms with van der Waals surface area (Å²) in [6.07, 6.45) is 3.48. The first-order valence-electron chi connectivity index (χ1n) is 13.8. The summed E-state index contributed by atoms with van der Waals surface area (Å²) in [4.78, 5) is 29.6. The number of fused-ring (bicyclic) bond motifs is 3. The molecule has 5 rings (SSSR count). The van der Waals surface area contributed by atoms with E-state index in [1.54, 1.807) is 23.4 Å². The summed E-state index contributed by atoms with van der Waals surface area (Å²) < 4.78 is 34.2. The first-order chi connectivity index (χ1) is 18.4. The molecule has 1 saturated carbocycles. The summed E-state index contributed by atoms with van der Waals surface area (Å²) in [6.45, 7) is 13.8. The van der Waals surface area contributed by atoms with E-state index in [9.17, 15) is 18.0 Å². The lowest BCUT2D eigenvalue weighted by atomic mass is 9.65. The minimum absolute atomic E-state index is 0. The molecule has 2 atom stereocenters. The number of carbonyl (C=O) groups excluding carboxylic acids is 2. The van der Waals surface area contributed by atoms with Gasteiger partial charge in [-0.2, -0.15) is 4.31 Å². The lowest BCUT2D eigenvalue weighted by Gasteiger charge is -2.39. The van der Waals surface area contributed by atoms with Crippen LogP contribution in [0.5, 0.6) is 0 Å². The number of carbonyl (C=O) groups is 2. The minimum Gasteiger partial charge on any atom is -0.462 e. The van der Waals surface area contributed by atoms with E-state index in [4.69, 9.17) is 4.74 Å².